The van der Waals surface area contributed by atoms with Gasteiger partial charge in [0.05, 0.1) is 11.0 Å². The molecule has 0 saturated carbocycles. The minimum Gasteiger partial charge on any atom is -0.328 e. The van der Waals surface area contributed by atoms with Crippen molar-refractivity contribution in [2.24, 2.45) is 0 Å². The highest BCUT2D eigenvalue weighted by molar-refractivity contribution is 6.31. The summed E-state index contributed by atoms with van der Waals surface area (Å²) in [6.45, 7) is 2.94. The van der Waals surface area contributed by atoms with Crippen molar-refractivity contribution >= 4 is 34.2 Å². The van der Waals surface area contributed by atoms with Gasteiger partial charge in [-0.2, -0.15) is 0 Å². The van der Waals surface area contributed by atoms with Crippen LogP contribution in [0.2, 0.25) is 10.3 Å². The molecule has 102 valence electrons. The number of nitrogens with zero attached hydrogens (tertiary/aromatic N) is 4. The summed E-state index contributed by atoms with van der Waals surface area (Å²) in [6.07, 6.45) is 0.580. The lowest BCUT2D eigenvalue weighted by atomic mass is 10.2. The number of fused-ring (bicyclic) bond motifs is 1. The number of aryl methyl sites for hydroxylation is 1. The molecule has 0 unspecified atom stereocenters. The van der Waals surface area contributed by atoms with E-state index in [4.69, 9.17) is 23.2 Å². The van der Waals surface area contributed by atoms with Crippen LogP contribution in [0.1, 0.15) is 18.3 Å². The quantitative estimate of drug-likeness (QED) is 0.740. The number of aromatic nitrogens is 4. The van der Waals surface area contributed by atoms with Gasteiger partial charge >= 0.3 is 0 Å². The highest BCUT2D eigenvalue weighted by Gasteiger charge is 2.12. The van der Waals surface area contributed by atoms with Crippen LogP contribution in [0, 0.1) is 0 Å². The first-order valence-electron chi connectivity index (χ1n) is 6.30. The molecule has 0 aliphatic rings. The van der Waals surface area contributed by atoms with E-state index in [0.717, 1.165) is 29.0 Å². The molecular weight excluding hydrogens is 295 g/mol. The van der Waals surface area contributed by atoms with E-state index >= 15 is 0 Å². The zero-order valence-electron chi connectivity index (χ0n) is 10.8. The van der Waals surface area contributed by atoms with Gasteiger partial charge in [0.25, 0.3) is 0 Å². The molecule has 0 spiro atoms. The van der Waals surface area contributed by atoms with Crippen LogP contribution in [-0.4, -0.2) is 19.7 Å². The van der Waals surface area contributed by atoms with E-state index in [-0.39, 0.29) is 0 Å². The standard InChI is InChI=1S/C14H12Cl2N4/c1-2-20-11-6-4-3-5-10(11)17-13(20)8-9-7-12(15)18-19-14(9)16/h3-7H,2,8H2,1H3. The zero-order chi connectivity index (χ0) is 14.1. The van der Waals surface area contributed by atoms with Gasteiger partial charge in [-0.05, 0) is 25.1 Å². The molecule has 0 saturated heterocycles. The maximum Gasteiger partial charge on any atom is 0.155 e. The minimum absolute atomic E-state index is 0.337. The van der Waals surface area contributed by atoms with Crippen LogP contribution in [0.3, 0.4) is 0 Å². The molecule has 4 nitrogen and oxygen atoms in total. The van der Waals surface area contributed by atoms with Crippen molar-refractivity contribution in [1.29, 1.82) is 0 Å². The first kappa shape index (κ1) is 13.3. The van der Waals surface area contributed by atoms with Gasteiger partial charge in [0, 0.05) is 18.5 Å². The SMILES string of the molecule is CCn1c(Cc2cc(Cl)nnc2Cl)nc2ccccc21. The summed E-state index contributed by atoms with van der Waals surface area (Å²) in [6, 6.07) is 9.80. The summed E-state index contributed by atoms with van der Waals surface area (Å²) in [5.74, 6) is 0.944. The van der Waals surface area contributed by atoms with E-state index in [9.17, 15) is 0 Å². The summed E-state index contributed by atoms with van der Waals surface area (Å²) in [4.78, 5) is 4.66. The van der Waals surface area contributed by atoms with Gasteiger partial charge in [-0.3, -0.25) is 0 Å². The van der Waals surface area contributed by atoms with Crippen LogP contribution in [0.4, 0.5) is 0 Å². The maximum absolute atomic E-state index is 6.07. The number of benzene rings is 1. The molecule has 0 N–H and O–H groups in total. The van der Waals surface area contributed by atoms with E-state index in [2.05, 4.69) is 32.7 Å². The van der Waals surface area contributed by atoms with Gasteiger partial charge in [0.15, 0.2) is 10.3 Å². The van der Waals surface area contributed by atoms with Crippen LogP contribution in [0.15, 0.2) is 30.3 Å². The van der Waals surface area contributed by atoms with Crippen LogP contribution < -0.4 is 0 Å². The average Bonchev–Trinajstić information content (AvgIpc) is 2.80. The van der Waals surface area contributed by atoms with E-state index in [0.29, 0.717) is 16.7 Å². The molecule has 2 heterocycles. The van der Waals surface area contributed by atoms with E-state index in [1.165, 1.54) is 0 Å². The smallest absolute Gasteiger partial charge is 0.155 e. The van der Waals surface area contributed by atoms with Crippen LogP contribution in [-0.2, 0) is 13.0 Å². The number of rotatable bonds is 3. The van der Waals surface area contributed by atoms with Gasteiger partial charge in [-0.1, -0.05) is 35.3 Å². The Morgan fingerprint density at radius 3 is 2.75 bits per heavy atom. The molecule has 0 amide bonds. The second-order valence-electron chi connectivity index (χ2n) is 4.42. The first-order chi connectivity index (χ1) is 9.69. The Morgan fingerprint density at radius 1 is 1.15 bits per heavy atom. The lowest BCUT2D eigenvalue weighted by Gasteiger charge is -2.07. The zero-order valence-corrected chi connectivity index (χ0v) is 12.4. The van der Waals surface area contributed by atoms with E-state index in [1.807, 2.05) is 18.2 Å². The Balaban J connectivity index is 2.08. The van der Waals surface area contributed by atoms with Gasteiger partial charge in [0.1, 0.15) is 5.82 Å². The Kier molecular flexibility index (Phi) is 3.59. The van der Waals surface area contributed by atoms with Crippen LogP contribution in [0.25, 0.3) is 11.0 Å². The van der Waals surface area contributed by atoms with Crippen LogP contribution >= 0.6 is 23.2 Å². The number of para-hydroxylation sites is 2. The fourth-order valence-electron chi connectivity index (χ4n) is 2.30. The largest absolute Gasteiger partial charge is 0.328 e. The second kappa shape index (κ2) is 5.38. The maximum atomic E-state index is 6.07. The summed E-state index contributed by atoms with van der Waals surface area (Å²) >= 11 is 11.9. The van der Waals surface area contributed by atoms with Gasteiger partial charge in [-0.15, -0.1) is 10.2 Å². The lowest BCUT2D eigenvalue weighted by Crippen LogP contribution is -2.04. The Bertz CT molecular complexity index is 767. The monoisotopic (exact) mass is 306 g/mol. The number of halogens is 2. The van der Waals surface area contributed by atoms with Crippen molar-refractivity contribution in [2.75, 3.05) is 0 Å². The molecule has 0 aliphatic heterocycles. The molecule has 1 aromatic carbocycles. The lowest BCUT2D eigenvalue weighted by molar-refractivity contribution is 0.732. The Labute approximate surface area is 126 Å². The van der Waals surface area contributed by atoms with Crippen molar-refractivity contribution < 1.29 is 0 Å². The molecule has 0 radical (unpaired) electrons. The van der Waals surface area contributed by atoms with Crippen molar-refractivity contribution in [3.63, 3.8) is 0 Å². The normalized spacial score (nSPS) is 11.2. The number of imidazole rings is 1. The fourth-order valence-corrected chi connectivity index (χ4v) is 2.62. The third-order valence-corrected chi connectivity index (χ3v) is 3.69. The molecule has 20 heavy (non-hydrogen) atoms. The van der Waals surface area contributed by atoms with Gasteiger partial charge in [0.2, 0.25) is 0 Å². The van der Waals surface area contributed by atoms with E-state index in [1.54, 1.807) is 6.07 Å². The topological polar surface area (TPSA) is 43.6 Å². The van der Waals surface area contributed by atoms with Crippen molar-refractivity contribution in [2.45, 2.75) is 19.9 Å². The third-order valence-electron chi connectivity index (χ3n) is 3.19. The van der Waals surface area contributed by atoms with Gasteiger partial charge in [-0.25, -0.2) is 4.98 Å². The molecule has 0 bridgehead atoms. The molecule has 3 aromatic rings. The molecule has 3 rings (SSSR count). The highest BCUT2D eigenvalue weighted by Crippen LogP contribution is 2.22. The van der Waals surface area contributed by atoms with Crippen LogP contribution in [0.5, 0.6) is 0 Å². The second-order valence-corrected chi connectivity index (χ2v) is 5.17. The Morgan fingerprint density at radius 2 is 1.95 bits per heavy atom. The van der Waals surface area contributed by atoms with Crippen molar-refractivity contribution in [3.05, 3.63) is 52.0 Å². The predicted molar refractivity (Wildman–Crippen MR) is 80.3 cm³/mol. The molecule has 0 atom stereocenters. The summed E-state index contributed by atoms with van der Waals surface area (Å²) in [5, 5.41) is 8.25. The predicted octanol–water partition coefficient (Wildman–Crippen LogP) is 3.74. The van der Waals surface area contributed by atoms with Crippen molar-refractivity contribution in [1.82, 2.24) is 19.7 Å². The molecule has 0 aliphatic carbocycles. The van der Waals surface area contributed by atoms with E-state index < -0.39 is 0 Å². The first-order valence-corrected chi connectivity index (χ1v) is 7.06. The van der Waals surface area contributed by atoms with Gasteiger partial charge < -0.3 is 4.57 Å². The molecule has 2 aromatic heterocycles. The number of hydrogen-bond acceptors (Lipinski definition) is 3. The average molecular weight is 307 g/mol. The Hall–Kier alpha value is -1.65. The minimum atomic E-state index is 0.337. The molecule has 0 fully saturated rings. The summed E-state index contributed by atoms with van der Waals surface area (Å²) in [7, 11) is 0. The summed E-state index contributed by atoms with van der Waals surface area (Å²) < 4.78 is 2.17. The summed E-state index contributed by atoms with van der Waals surface area (Å²) in [5.41, 5.74) is 2.93. The third kappa shape index (κ3) is 2.37. The number of hydrogen-bond donors (Lipinski definition) is 0. The fraction of sp³-hybridized carbons (Fsp3) is 0.214. The molecule has 6 heteroatoms. The van der Waals surface area contributed by atoms with Crippen molar-refractivity contribution in [3.8, 4) is 0 Å². The highest BCUT2D eigenvalue weighted by atomic mass is 35.5. The molecular formula is C14H12Cl2N4.